The first-order chi connectivity index (χ1) is 11.3. The van der Waals surface area contributed by atoms with Crippen LogP contribution in [0.2, 0.25) is 10.0 Å². The van der Waals surface area contributed by atoms with Crippen LogP contribution >= 0.6 is 23.2 Å². The molecule has 2 aromatic carbocycles. The fraction of sp³-hybridized carbons (Fsp3) is 0.0625. The van der Waals surface area contributed by atoms with Crippen molar-refractivity contribution in [3.8, 4) is 22.4 Å². The molecule has 3 rings (SSSR count). The normalized spacial score (nSPS) is 11.7. The van der Waals surface area contributed by atoms with Crippen molar-refractivity contribution in [1.82, 2.24) is 10.2 Å². The van der Waals surface area contributed by atoms with Gasteiger partial charge in [0.1, 0.15) is 0 Å². The highest BCUT2D eigenvalue weighted by atomic mass is 35.5. The molecule has 0 radical (unpaired) electrons. The number of anilines is 1. The summed E-state index contributed by atoms with van der Waals surface area (Å²) < 4.78 is 39.9. The van der Waals surface area contributed by atoms with E-state index in [4.69, 9.17) is 28.9 Å². The zero-order valence-corrected chi connectivity index (χ0v) is 13.5. The van der Waals surface area contributed by atoms with Crippen LogP contribution in [0, 0.1) is 0 Å². The predicted molar refractivity (Wildman–Crippen MR) is 88.9 cm³/mol. The maximum absolute atomic E-state index is 13.3. The van der Waals surface area contributed by atoms with E-state index in [1.165, 1.54) is 24.3 Å². The Balaban J connectivity index is 2.27. The summed E-state index contributed by atoms with van der Waals surface area (Å²) in [6.07, 6.45) is -4.52. The van der Waals surface area contributed by atoms with Gasteiger partial charge in [-0.05, 0) is 18.2 Å². The van der Waals surface area contributed by atoms with Crippen molar-refractivity contribution in [2.24, 2.45) is 0 Å². The standard InChI is InChI=1S/C16H10Cl2F3N3/c17-8-5-6-10(12(18)7-8)13-14(23-24-15(13)22)9-3-1-2-4-11(9)16(19,20)21/h1-7H,(H3,22,23,24). The smallest absolute Gasteiger partial charge is 0.382 e. The Morgan fingerprint density at radius 2 is 1.71 bits per heavy atom. The van der Waals surface area contributed by atoms with Gasteiger partial charge in [-0.3, -0.25) is 5.10 Å². The highest BCUT2D eigenvalue weighted by Crippen LogP contribution is 2.43. The van der Waals surface area contributed by atoms with Crippen molar-refractivity contribution in [2.75, 3.05) is 5.73 Å². The molecule has 0 unspecified atom stereocenters. The molecular weight excluding hydrogens is 362 g/mol. The molecule has 0 aliphatic rings. The zero-order valence-electron chi connectivity index (χ0n) is 12.0. The Bertz CT molecular complexity index is 904. The van der Waals surface area contributed by atoms with Gasteiger partial charge in [-0.15, -0.1) is 0 Å². The first-order valence-electron chi connectivity index (χ1n) is 6.75. The van der Waals surface area contributed by atoms with E-state index in [-0.39, 0.29) is 22.1 Å². The molecular formula is C16H10Cl2F3N3. The molecule has 0 amide bonds. The number of aromatic nitrogens is 2. The maximum atomic E-state index is 13.3. The largest absolute Gasteiger partial charge is 0.417 e. The van der Waals surface area contributed by atoms with E-state index in [2.05, 4.69) is 10.2 Å². The van der Waals surface area contributed by atoms with Crippen LogP contribution in [0.4, 0.5) is 19.0 Å². The van der Waals surface area contributed by atoms with Crippen molar-refractivity contribution >= 4 is 29.0 Å². The Kier molecular flexibility index (Phi) is 4.19. The minimum atomic E-state index is -4.52. The molecule has 0 atom stereocenters. The van der Waals surface area contributed by atoms with Gasteiger partial charge in [0, 0.05) is 16.1 Å². The maximum Gasteiger partial charge on any atom is 0.417 e. The van der Waals surface area contributed by atoms with E-state index in [0.717, 1.165) is 6.07 Å². The highest BCUT2D eigenvalue weighted by Gasteiger charge is 2.34. The monoisotopic (exact) mass is 371 g/mol. The third kappa shape index (κ3) is 2.95. The van der Waals surface area contributed by atoms with Gasteiger partial charge in [-0.2, -0.15) is 18.3 Å². The summed E-state index contributed by atoms with van der Waals surface area (Å²) in [6.45, 7) is 0. The van der Waals surface area contributed by atoms with E-state index < -0.39 is 11.7 Å². The Morgan fingerprint density at radius 1 is 1.00 bits per heavy atom. The van der Waals surface area contributed by atoms with Crippen molar-refractivity contribution < 1.29 is 13.2 Å². The summed E-state index contributed by atoms with van der Waals surface area (Å²) in [6, 6.07) is 9.84. The van der Waals surface area contributed by atoms with Crippen molar-refractivity contribution in [3.05, 3.63) is 58.1 Å². The van der Waals surface area contributed by atoms with Crippen LogP contribution in [-0.2, 0) is 6.18 Å². The van der Waals surface area contributed by atoms with Crippen LogP contribution in [0.3, 0.4) is 0 Å². The molecule has 24 heavy (non-hydrogen) atoms. The molecule has 0 saturated carbocycles. The lowest BCUT2D eigenvalue weighted by Crippen LogP contribution is -2.07. The number of nitrogens with two attached hydrogens (primary N) is 1. The summed E-state index contributed by atoms with van der Waals surface area (Å²) in [5, 5.41) is 7.10. The average Bonchev–Trinajstić information content (AvgIpc) is 2.88. The third-order valence-corrected chi connectivity index (χ3v) is 4.04. The number of H-pyrrole nitrogens is 1. The Morgan fingerprint density at radius 3 is 2.38 bits per heavy atom. The molecule has 1 aromatic heterocycles. The number of alkyl halides is 3. The van der Waals surface area contributed by atoms with Gasteiger partial charge in [-0.25, -0.2) is 0 Å². The number of rotatable bonds is 2. The number of halogens is 5. The van der Waals surface area contributed by atoms with E-state index in [1.54, 1.807) is 12.1 Å². The topological polar surface area (TPSA) is 54.7 Å². The van der Waals surface area contributed by atoms with Gasteiger partial charge in [0.15, 0.2) is 5.82 Å². The molecule has 0 spiro atoms. The molecule has 0 fully saturated rings. The van der Waals surface area contributed by atoms with Gasteiger partial charge < -0.3 is 5.73 Å². The lowest BCUT2D eigenvalue weighted by atomic mass is 9.97. The number of benzene rings is 2. The molecule has 3 nitrogen and oxygen atoms in total. The number of nitrogens with one attached hydrogen (secondary N) is 1. The van der Waals surface area contributed by atoms with Gasteiger partial charge in [-0.1, -0.05) is 47.5 Å². The van der Waals surface area contributed by atoms with E-state index >= 15 is 0 Å². The zero-order chi connectivity index (χ0) is 17.5. The van der Waals surface area contributed by atoms with Crippen LogP contribution in [0.5, 0.6) is 0 Å². The van der Waals surface area contributed by atoms with Crippen LogP contribution in [0.15, 0.2) is 42.5 Å². The van der Waals surface area contributed by atoms with Crippen molar-refractivity contribution in [1.29, 1.82) is 0 Å². The summed E-state index contributed by atoms with van der Waals surface area (Å²) in [7, 11) is 0. The minimum absolute atomic E-state index is 0.0474. The second-order valence-electron chi connectivity index (χ2n) is 5.03. The molecule has 3 aromatic rings. The van der Waals surface area contributed by atoms with E-state index in [9.17, 15) is 13.2 Å². The van der Waals surface area contributed by atoms with Gasteiger partial charge in [0.25, 0.3) is 0 Å². The SMILES string of the molecule is Nc1n[nH]c(-c2ccccc2C(F)(F)F)c1-c1ccc(Cl)cc1Cl. The summed E-state index contributed by atoms with van der Waals surface area (Å²) >= 11 is 12.1. The molecule has 8 heteroatoms. The average molecular weight is 372 g/mol. The van der Waals surface area contributed by atoms with Crippen LogP contribution in [0.1, 0.15) is 5.56 Å². The number of nitrogens with zero attached hydrogens (tertiary/aromatic N) is 1. The van der Waals surface area contributed by atoms with Crippen molar-refractivity contribution in [3.63, 3.8) is 0 Å². The second-order valence-corrected chi connectivity index (χ2v) is 5.87. The predicted octanol–water partition coefficient (Wildman–Crippen LogP) is 5.65. The third-order valence-electron chi connectivity index (χ3n) is 3.50. The quantitative estimate of drug-likeness (QED) is 0.611. The Hall–Kier alpha value is -2.18. The highest BCUT2D eigenvalue weighted by molar-refractivity contribution is 6.36. The van der Waals surface area contributed by atoms with Crippen LogP contribution in [-0.4, -0.2) is 10.2 Å². The fourth-order valence-corrected chi connectivity index (χ4v) is 2.97. The van der Waals surface area contributed by atoms with E-state index in [1.807, 2.05) is 0 Å². The molecule has 0 bridgehead atoms. The summed E-state index contributed by atoms with van der Waals surface area (Å²) in [5.74, 6) is 0.0474. The summed E-state index contributed by atoms with van der Waals surface area (Å²) in [5.41, 5.74) is 5.90. The lowest BCUT2D eigenvalue weighted by molar-refractivity contribution is -0.137. The Labute approximate surface area is 145 Å². The first kappa shape index (κ1) is 16.7. The van der Waals surface area contributed by atoms with Gasteiger partial charge >= 0.3 is 6.18 Å². The fourth-order valence-electron chi connectivity index (χ4n) is 2.46. The van der Waals surface area contributed by atoms with Crippen LogP contribution < -0.4 is 5.73 Å². The van der Waals surface area contributed by atoms with Gasteiger partial charge in [0.05, 0.1) is 21.8 Å². The number of hydrogen-bond acceptors (Lipinski definition) is 2. The summed E-state index contributed by atoms with van der Waals surface area (Å²) in [4.78, 5) is 0. The van der Waals surface area contributed by atoms with Crippen LogP contribution in [0.25, 0.3) is 22.4 Å². The minimum Gasteiger partial charge on any atom is -0.382 e. The molecule has 124 valence electrons. The molecule has 1 heterocycles. The molecule has 3 N–H and O–H groups in total. The first-order valence-corrected chi connectivity index (χ1v) is 7.50. The van der Waals surface area contributed by atoms with Gasteiger partial charge in [0.2, 0.25) is 0 Å². The number of hydrogen-bond donors (Lipinski definition) is 2. The second kappa shape index (κ2) is 6.03. The molecule has 0 aliphatic carbocycles. The lowest BCUT2D eigenvalue weighted by Gasteiger charge is -2.13. The van der Waals surface area contributed by atoms with Crippen molar-refractivity contribution in [2.45, 2.75) is 6.18 Å². The number of aromatic amines is 1. The number of nitrogen functional groups attached to an aromatic ring is 1. The molecule has 0 saturated heterocycles. The molecule has 0 aliphatic heterocycles. The van der Waals surface area contributed by atoms with E-state index in [0.29, 0.717) is 16.1 Å².